The maximum Gasteiger partial charge on any atom is 0.135 e. The molecule has 2 heterocycles. The highest BCUT2D eigenvalue weighted by atomic mass is 19.1. The van der Waals surface area contributed by atoms with Crippen molar-refractivity contribution in [2.75, 3.05) is 25.1 Å². The van der Waals surface area contributed by atoms with Crippen LogP contribution in [-0.2, 0) is 11.2 Å². The maximum atomic E-state index is 12.9. The number of hydrogen-bond donors (Lipinski definition) is 0. The molecule has 0 amide bonds. The van der Waals surface area contributed by atoms with Crippen molar-refractivity contribution in [3.8, 4) is 0 Å². The van der Waals surface area contributed by atoms with E-state index in [-0.39, 0.29) is 5.82 Å². The van der Waals surface area contributed by atoms with E-state index in [9.17, 15) is 4.39 Å². The summed E-state index contributed by atoms with van der Waals surface area (Å²) in [4.78, 5) is 11.2. The molecule has 116 valence electrons. The van der Waals surface area contributed by atoms with Gasteiger partial charge >= 0.3 is 0 Å². The third kappa shape index (κ3) is 3.60. The second-order valence-corrected chi connectivity index (χ2v) is 5.56. The number of aromatic nitrogens is 2. The van der Waals surface area contributed by atoms with Crippen molar-refractivity contribution in [2.24, 2.45) is 0 Å². The van der Waals surface area contributed by atoms with E-state index in [1.54, 1.807) is 25.4 Å². The molecule has 1 saturated heterocycles. The zero-order valence-electron chi connectivity index (χ0n) is 12.7. The number of halogens is 1. The molecule has 0 radical (unpaired) electrons. The van der Waals surface area contributed by atoms with Crippen molar-refractivity contribution >= 4 is 5.82 Å². The Labute approximate surface area is 130 Å². The first-order valence-corrected chi connectivity index (χ1v) is 7.58. The Morgan fingerprint density at radius 3 is 2.59 bits per heavy atom. The van der Waals surface area contributed by atoms with Crippen LogP contribution in [0.3, 0.4) is 0 Å². The number of hydrogen-bond acceptors (Lipinski definition) is 4. The van der Waals surface area contributed by atoms with Gasteiger partial charge in [-0.3, -0.25) is 0 Å². The molecule has 1 aromatic carbocycles. The smallest absolute Gasteiger partial charge is 0.135 e. The molecular formula is C17H20FN3O. The summed E-state index contributed by atoms with van der Waals surface area (Å²) in [6.07, 6.45) is 4.81. The van der Waals surface area contributed by atoms with Crippen LogP contribution in [0.25, 0.3) is 0 Å². The Hall–Kier alpha value is -2.01. The molecule has 0 spiro atoms. The van der Waals surface area contributed by atoms with Gasteiger partial charge in [-0.25, -0.2) is 14.4 Å². The van der Waals surface area contributed by atoms with Gasteiger partial charge in [0, 0.05) is 32.8 Å². The zero-order valence-corrected chi connectivity index (χ0v) is 12.7. The van der Waals surface area contributed by atoms with Crippen LogP contribution in [0.15, 0.2) is 36.5 Å². The molecule has 4 nitrogen and oxygen atoms in total. The van der Waals surface area contributed by atoms with Crippen molar-refractivity contribution in [1.82, 2.24) is 9.97 Å². The molecule has 1 aliphatic rings. The number of rotatable bonds is 4. The van der Waals surface area contributed by atoms with Crippen molar-refractivity contribution in [2.45, 2.75) is 25.4 Å². The fourth-order valence-corrected chi connectivity index (χ4v) is 2.76. The number of benzene rings is 1. The minimum absolute atomic E-state index is 0.223. The number of ether oxygens (including phenoxy) is 1. The van der Waals surface area contributed by atoms with E-state index in [0.29, 0.717) is 12.5 Å². The van der Waals surface area contributed by atoms with Crippen LogP contribution >= 0.6 is 0 Å². The molecule has 0 N–H and O–H groups in total. The summed E-state index contributed by atoms with van der Waals surface area (Å²) in [5.41, 5.74) is 1.01. The molecule has 5 heteroatoms. The fourth-order valence-electron chi connectivity index (χ4n) is 2.76. The van der Waals surface area contributed by atoms with Gasteiger partial charge in [-0.2, -0.15) is 0 Å². The lowest BCUT2D eigenvalue weighted by atomic mass is 10.1. The topological polar surface area (TPSA) is 38.2 Å². The molecule has 0 unspecified atom stereocenters. The third-order valence-corrected chi connectivity index (χ3v) is 4.07. The van der Waals surface area contributed by atoms with E-state index >= 15 is 0 Å². The van der Waals surface area contributed by atoms with E-state index in [4.69, 9.17) is 4.74 Å². The highest BCUT2D eigenvalue weighted by Crippen LogP contribution is 2.19. The first-order valence-electron chi connectivity index (χ1n) is 7.58. The lowest BCUT2D eigenvalue weighted by molar-refractivity contribution is 0.0818. The molecule has 0 atom stereocenters. The fraction of sp³-hybridized carbons (Fsp3) is 0.412. The number of methoxy groups -OCH3 is 1. The van der Waals surface area contributed by atoms with E-state index in [1.807, 2.05) is 6.07 Å². The highest BCUT2D eigenvalue weighted by Gasteiger charge is 2.19. The first kappa shape index (κ1) is 14.9. The molecular weight excluding hydrogens is 281 g/mol. The van der Waals surface area contributed by atoms with Crippen LogP contribution in [0.2, 0.25) is 0 Å². The van der Waals surface area contributed by atoms with Gasteiger partial charge in [-0.1, -0.05) is 12.1 Å². The lowest BCUT2D eigenvalue weighted by Crippen LogP contribution is -2.37. The molecule has 0 saturated carbocycles. The summed E-state index contributed by atoms with van der Waals surface area (Å²) in [7, 11) is 1.77. The van der Waals surface area contributed by atoms with Crippen LogP contribution in [0.4, 0.5) is 10.2 Å². The quantitative estimate of drug-likeness (QED) is 0.870. The number of anilines is 1. The summed E-state index contributed by atoms with van der Waals surface area (Å²) in [6, 6.07) is 8.43. The Morgan fingerprint density at radius 1 is 1.18 bits per heavy atom. The van der Waals surface area contributed by atoms with E-state index in [1.165, 1.54) is 12.1 Å². The minimum Gasteiger partial charge on any atom is -0.381 e. The largest absolute Gasteiger partial charge is 0.381 e. The molecule has 0 bridgehead atoms. The molecule has 0 aliphatic carbocycles. The number of piperidine rings is 1. The van der Waals surface area contributed by atoms with Crippen LogP contribution in [0, 0.1) is 5.82 Å². The van der Waals surface area contributed by atoms with Crippen molar-refractivity contribution in [3.05, 3.63) is 53.7 Å². The zero-order chi connectivity index (χ0) is 15.4. The van der Waals surface area contributed by atoms with E-state index in [2.05, 4.69) is 14.9 Å². The van der Waals surface area contributed by atoms with Gasteiger partial charge < -0.3 is 9.64 Å². The van der Waals surface area contributed by atoms with Crippen LogP contribution in [-0.4, -0.2) is 36.3 Å². The van der Waals surface area contributed by atoms with Gasteiger partial charge in [0.1, 0.15) is 17.5 Å². The van der Waals surface area contributed by atoms with Gasteiger partial charge in [0.15, 0.2) is 0 Å². The third-order valence-electron chi connectivity index (χ3n) is 4.07. The van der Waals surface area contributed by atoms with Crippen LogP contribution < -0.4 is 4.90 Å². The Morgan fingerprint density at radius 2 is 1.91 bits per heavy atom. The summed E-state index contributed by atoms with van der Waals surface area (Å²) >= 11 is 0. The monoisotopic (exact) mass is 301 g/mol. The maximum absolute atomic E-state index is 12.9. The predicted octanol–water partition coefficient (Wildman–Crippen LogP) is 2.82. The Balaban J connectivity index is 1.68. The van der Waals surface area contributed by atoms with Crippen LogP contribution in [0.1, 0.15) is 24.2 Å². The SMILES string of the molecule is COC1CCN(c2ccnc(Cc3ccc(F)cc3)n2)CC1. The standard InChI is InChI=1S/C17H20FN3O/c1-22-15-7-10-21(11-8-15)17-6-9-19-16(20-17)12-13-2-4-14(18)5-3-13/h2-6,9,15H,7-8,10-12H2,1H3. The summed E-state index contributed by atoms with van der Waals surface area (Å²) < 4.78 is 18.3. The van der Waals surface area contributed by atoms with Gasteiger partial charge in [0.05, 0.1) is 6.10 Å². The Kier molecular flexibility index (Phi) is 4.63. The normalized spacial score (nSPS) is 16.0. The molecule has 1 aromatic heterocycles. The minimum atomic E-state index is -0.223. The summed E-state index contributed by atoms with van der Waals surface area (Å²) in [5.74, 6) is 1.50. The average molecular weight is 301 g/mol. The van der Waals surface area contributed by atoms with Gasteiger partial charge in [0.25, 0.3) is 0 Å². The predicted molar refractivity (Wildman–Crippen MR) is 83.5 cm³/mol. The first-order chi connectivity index (χ1) is 10.7. The average Bonchev–Trinajstić information content (AvgIpc) is 2.57. The van der Waals surface area contributed by atoms with E-state index in [0.717, 1.165) is 43.1 Å². The van der Waals surface area contributed by atoms with Gasteiger partial charge in [0.2, 0.25) is 0 Å². The lowest BCUT2D eigenvalue weighted by Gasteiger charge is -2.32. The molecule has 1 fully saturated rings. The summed E-state index contributed by atoms with van der Waals surface area (Å²) in [5, 5.41) is 0. The molecule has 22 heavy (non-hydrogen) atoms. The highest BCUT2D eigenvalue weighted by molar-refractivity contribution is 5.38. The second kappa shape index (κ2) is 6.83. The Bertz CT molecular complexity index is 610. The second-order valence-electron chi connectivity index (χ2n) is 5.56. The van der Waals surface area contributed by atoms with Crippen LogP contribution in [0.5, 0.6) is 0 Å². The van der Waals surface area contributed by atoms with Crippen molar-refractivity contribution < 1.29 is 9.13 Å². The molecule has 3 rings (SSSR count). The van der Waals surface area contributed by atoms with Crippen molar-refractivity contribution in [1.29, 1.82) is 0 Å². The van der Waals surface area contributed by atoms with Gasteiger partial charge in [-0.05, 0) is 36.6 Å². The molecule has 2 aromatic rings. The summed E-state index contributed by atoms with van der Waals surface area (Å²) in [6.45, 7) is 1.90. The number of nitrogens with zero attached hydrogens (tertiary/aromatic N) is 3. The van der Waals surface area contributed by atoms with Gasteiger partial charge in [-0.15, -0.1) is 0 Å². The van der Waals surface area contributed by atoms with Crippen molar-refractivity contribution in [3.63, 3.8) is 0 Å². The molecule has 1 aliphatic heterocycles. The van der Waals surface area contributed by atoms with E-state index < -0.39 is 0 Å².